The van der Waals surface area contributed by atoms with Crippen LogP contribution in [-0.2, 0) is 19.1 Å². The molecule has 0 heterocycles. The fourth-order valence-electron chi connectivity index (χ4n) is 3.30. The van der Waals surface area contributed by atoms with Crippen molar-refractivity contribution in [2.45, 2.75) is 150 Å². The molecule has 0 aliphatic carbocycles. The molecule has 5 heteroatoms. The largest absolute Gasteiger partial charge is 0.465 e. The summed E-state index contributed by atoms with van der Waals surface area (Å²) in [6, 6.07) is 0. The SMILES string of the molecule is CCC(O)COC(C)=O.CCCCCCCCCCCCCCCCCC(=O)OCC(C)C. The normalized spacial score (nSPS) is 11.6. The van der Waals surface area contributed by atoms with E-state index in [1.54, 1.807) is 0 Å². The average Bonchev–Trinajstić information content (AvgIpc) is 2.79. The van der Waals surface area contributed by atoms with Crippen LogP contribution in [0.2, 0.25) is 0 Å². The molecule has 0 radical (unpaired) electrons. The summed E-state index contributed by atoms with van der Waals surface area (Å²) in [6.07, 6.45) is 21.1. The highest BCUT2D eigenvalue weighted by Gasteiger charge is 2.04. The Labute approximate surface area is 205 Å². The van der Waals surface area contributed by atoms with E-state index in [2.05, 4.69) is 25.5 Å². The summed E-state index contributed by atoms with van der Waals surface area (Å²) in [7, 11) is 0. The first-order valence-corrected chi connectivity index (χ1v) is 13.8. The fraction of sp³-hybridized carbons (Fsp3) is 0.929. The van der Waals surface area contributed by atoms with Gasteiger partial charge in [-0.1, -0.05) is 118 Å². The molecule has 33 heavy (non-hydrogen) atoms. The third-order valence-corrected chi connectivity index (χ3v) is 5.51. The summed E-state index contributed by atoms with van der Waals surface area (Å²) in [5.74, 6) is 0.0795. The third-order valence-electron chi connectivity index (χ3n) is 5.51. The summed E-state index contributed by atoms with van der Waals surface area (Å²) < 4.78 is 9.69. The molecule has 1 unspecified atom stereocenters. The summed E-state index contributed by atoms with van der Waals surface area (Å²) in [6.45, 7) is 10.3. The number of unbranched alkanes of at least 4 members (excludes halogenated alkanes) is 14. The molecule has 0 bridgehead atoms. The lowest BCUT2D eigenvalue weighted by atomic mass is 10.0. The second kappa shape index (κ2) is 27.1. The molecular weight excluding hydrogens is 416 g/mol. The molecule has 0 aromatic carbocycles. The van der Waals surface area contributed by atoms with Crippen LogP contribution in [0.5, 0.6) is 0 Å². The van der Waals surface area contributed by atoms with Gasteiger partial charge in [0.05, 0.1) is 12.7 Å². The molecule has 1 atom stereocenters. The van der Waals surface area contributed by atoms with Crippen molar-refractivity contribution in [1.29, 1.82) is 0 Å². The van der Waals surface area contributed by atoms with Crippen LogP contribution in [-0.4, -0.2) is 36.4 Å². The molecule has 0 spiro atoms. The summed E-state index contributed by atoms with van der Waals surface area (Å²) >= 11 is 0. The molecular formula is C28H56O5. The van der Waals surface area contributed by atoms with Gasteiger partial charge in [-0.15, -0.1) is 0 Å². The third kappa shape index (κ3) is 33.2. The first kappa shape index (κ1) is 34.1. The van der Waals surface area contributed by atoms with E-state index in [9.17, 15) is 9.59 Å². The fourth-order valence-corrected chi connectivity index (χ4v) is 3.30. The molecule has 0 aromatic heterocycles. The Morgan fingerprint density at radius 1 is 0.667 bits per heavy atom. The first-order valence-electron chi connectivity index (χ1n) is 13.8. The van der Waals surface area contributed by atoms with Crippen LogP contribution < -0.4 is 0 Å². The van der Waals surface area contributed by atoms with Crippen molar-refractivity contribution in [2.24, 2.45) is 5.92 Å². The Hall–Kier alpha value is -1.10. The smallest absolute Gasteiger partial charge is 0.305 e. The van der Waals surface area contributed by atoms with Gasteiger partial charge in [-0.25, -0.2) is 0 Å². The molecule has 0 aromatic rings. The van der Waals surface area contributed by atoms with Gasteiger partial charge in [-0.05, 0) is 18.8 Å². The highest BCUT2D eigenvalue weighted by atomic mass is 16.5. The Bertz CT molecular complexity index is 423. The van der Waals surface area contributed by atoms with Gasteiger partial charge in [0.25, 0.3) is 0 Å². The number of aliphatic hydroxyl groups is 1. The zero-order valence-electron chi connectivity index (χ0n) is 22.7. The molecule has 0 saturated carbocycles. The second-order valence-corrected chi connectivity index (χ2v) is 9.64. The van der Waals surface area contributed by atoms with Crippen LogP contribution in [0.4, 0.5) is 0 Å². The van der Waals surface area contributed by atoms with Crippen molar-refractivity contribution in [1.82, 2.24) is 0 Å². The molecule has 0 aliphatic rings. The number of hydrogen-bond donors (Lipinski definition) is 1. The Morgan fingerprint density at radius 3 is 1.45 bits per heavy atom. The molecule has 5 nitrogen and oxygen atoms in total. The lowest BCUT2D eigenvalue weighted by molar-refractivity contribution is -0.145. The molecule has 0 saturated heterocycles. The van der Waals surface area contributed by atoms with E-state index in [0.717, 1.165) is 6.42 Å². The zero-order chi connectivity index (χ0) is 25.2. The minimum atomic E-state index is -0.506. The maximum absolute atomic E-state index is 11.5. The molecule has 1 N–H and O–H groups in total. The van der Waals surface area contributed by atoms with Gasteiger partial charge in [0.15, 0.2) is 0 Å². The Kier molecular flexibility index (Phi) is 28.0. The predicted molar refractivity (Wildman–Crippen MR) is 138 cm³/mol. The molecule has 198 valence electrons. The standard InChI is InChI=1S/C22H44O2.C6H12O3/c1-4-5-6-7-8-9-10-11-12-13-14-15-16-17-18-19-22(23)24-20-21(2)3;1-3-6(8)4-9-5(2)7/h21H,4-20H2,1-3H3;6,8H,3-4H2,1-2H3. The van der Waals surface area contributed by atoms with E-state index in [-0.39, 0.29) is 18.5 Å². The molecule has 0 fully saturated rings. The van der Waals surface area contributed by atoms with Crippen LogP contribution in [0.3, 0.4) is 0 Å². The number of rotatable bonds is 21. The van der Waals surface area contributed by atoms with E-state index in [1.165, 1.54) is 96.8 Å². The topological polar surface area (TPSA) is 72.8 Å². The van der Waals surface area contributed by atoms with E-state index in [1.807, 2.05) is 6.92 Å². The van der Waals surface area contributed by atoms with Crippen molar-refractivity contribution in [2.75, 3.05) is 13.2 Å². The van der Waals surface area contributed by atoms with Gasteiger partial charge in [-0.3, -0.25) is 9.59 Å². The average molecular weight is 473 g/mol. The molecule has 0 aliphatic heterocycles. The number of carbonyl (C=O) groups is 2. The van der Waals surface area contributed by atoms with Crippen LogP contribution in [0.25, 0.3) is 0 Å². The summed E-state index contributed by atoms with van der Waals surface area (Å²) in [4.78, 5) is 21.6. The lowest BCUT2D eigenvalue weighted by Crippen LogP contribution is -2.15. The molecule has 0 rings (SSSR count). The maximum atomic E-state index is 11.5. The van der Waals surface area contributed by atoms with Crippen molar-refractivity contribution in [3.05, 3.63) is 0 Å². The van der Waals surface area contributed by atoms with Gasteiger partial charge in [-0.2, -0.15) is 0 Å². The van der Waals surface area contributed by atoms with Crippen molar-refractivity contribution < 1.29 is 24.2 Å². The van der Waals surface area contributed by atoms with E-state index in [0.29, 0.717) is 25.4 Å². The monoisotopic (exact) mass is 472 g/mol. The minimum Gasteiger partial charge on any atom is -0.465 e. The minimum absolute atomic E-state index is 0.0154. The summed E-state index contributed by atoms with van der Waals surface area (Å²) in [5, 5.41) is 8.83. The highest BCUT2D eigenvalue weighted by molar-refractivity contribution is 5.69. The van der Waals surface area contributed by atoms with E-state index in [4.69, 9.17) is 9.84 Å². The number of hydrogen-bond acceptors (Lipinski definition) is 5. The van der Waals surface area contributed by atoms with Crippen LogP contribution in [0.1, 0.15) is 144 Å². The number of esters is 2. The van der Waals surface area contributed by atoms with Crippen LogP contribution in [0, 0.1) is 5.92 Å². The maximum Gasteiger partial charge on any atom is 0.305 e. The van der Waals surface area contributed by atoms with Gasteiger partial charge in [0.2, 0.25) is 0 Å². The van der Waals surface area contributed by atoms with Crippen molar-refractivity contribution in [3.8, 4) is 0 Å². The number of carbonyl (C=O) groups excluding carboxylic acids is 2. The van der Waals surface area contributed by atoms with Gasteiger partial charge < -0.3 is 14.6 Å². The quantitative estimate of drug-likeness (QED) is 0.136. The van der Waals surface area contributed by atoms with Crippen LogP contribution in [0.15, 0.2) is 0 Å². The van der Waals surface area contributed by atoms with E-state index < -0.39 is 6.10 Å². The highest BCUT2D eigenvalue weighted by Crippen LogP contribution is 2.13. The van der Waals surface area contributed by atoms with Gasteiger partial charge in [0.1, 0.15) is 6.61 Å². The van der Waals surface area contributed by atoms with Gasteiger partial charge >= 0.3 is 11.9 Å². The van der Waals surface area contributed by atoms with Crippen molar-refractivity contribution in [3.63, 3.8) is 0 Å². The Balaban J connectivity index is 0. The van der Waals surface area contributed by atoms with Crippen LogP contribution >= 0.6 is 0 Å². The first-order chi connectivity index (χ1) is 15.8. The predicted octanol–water partition coefficient (Wildman–Crippen LogP) is 7.77. The van der Waals surface area contributed by atoms with Crippen molar-refractivity contribution >= 4 is 11.9 Å². The number of aliphatic hydroxyl groups excluding tert-OH is 1. The lowest BCUT2D eigenvalue weighted by Gasteiger charge is -2.07. The number of ether oxygens (including phenoxy) is 2. The summed E-state index contributed by atoms with van der Waals surface area (Å²) in [5.41, 5.74) is 0. The van der Waals surface area contributed by atoms with Gasteiger partial charge in [0, 0.05) is 13.3 Å². The second-order valence-electron chi connectivity index (χ2n) is 9.64. The molecule has 0 amide bonds. The van der Waals surface area contributed by atoms with E-state index >= 15 is 0 Å². The zero-order valence-corrected chi connectivity index (χ0v) is 22.7. The Morgan fingerprint density at radius 2 is 1.09 bits per heavy atom.